The van der Waals surface area contributed by atoms with Gasteiger partial charge in [0, 0.05) is 16.8 Å². The van der Waals surface area contributed by atoms with Gasteiger partial charge in [-0.3, -0.25) is 0 Å². The summed E-state index contributed by atoms with van der Waals surface area (Å²) in [6.07, 6.45) is 8.58. The number of hydrogen-bond donors (Lipinski definition) is 0. The van der Waals surface area contributed by atoms with Crippen molar-refractivity contribution in [3.05, 3.63) is 266 Å². The van der Waals surface area contributed by atoms with Gasteiger partial charge in [-0.25, -0.2) is 0 Å². The van der Waals surface area contributed by atoms with E-state index in [4.69, 9.17) is 0 Å². The Balaban J connectivity index is 1.04. The Morgan fingerprint density at radius 1 is 0.309 bits per heavy atom. The highest BCUT2D eigenvalue weighted by Gasteiger charge is 2.21. The molecule has 0 atom stereocenters. The average Bonchev–Trinajstić information content (AvgIpc) is 3.41. The fourth-order valence-corrected chi connectivity index (χ4v) is 10.5. The average molecular weight is 866 g/mol. The number of allylic oxidation sites excluding steroid dienone is 3. The lowest BCUT2D eigenvalue weighted by Crippen LogP contribution is -2.10. The standard InChI is InChI=1S/C67H47N/c1-2-3-6-26-51-44-63(46-21-7-4-8-22-46)56-29-14-16-31-58(56)65(51)48-36-40-52(41-37-48)68(64-45-50-25-11-12-27-54(50)55-28-13-15-30-57(55)64)53-42-38-49(39-43-53)67-61-34-19-17-32-59(61)66(47-23-9-5-10-24-47)60-33-18-20-35-62(60)67/h2-45H,1H3/b3-2-,26-6-. The van der Waals surface area contributed by atoms with E-state index < -0.39 is 0 Å². The molecule has 0 aromatic heterocycles. The predicted molar refractivity (Wildman–Crippen MR) is 294 cm³/mol. The van der Waals surface area contributed by atoms with E-state index in [0.29, 0.717) is 0 Å². The third-order valence-electron chi connectivity index (χ3n) is 13.5. The molecule has 320 valence electrons. The van der Waals surface area contributed by atoms with Crippen molar-refractivity contribution in [1.82, 2.24) is 0 Å². The van der Waals surface area contributed by atoms with Crippen LogP contribution in [0.5, 0.6) is 0 Å². The summed E-state index contributed by atoms with van der Waals surface area (Å²) in [5, 5.41) is 12.4. The first-order chi connectivity index (χ1) is 33.7. The number of fused-ring (bicyclic) bond motifs is 6. The van der Waals surface area contributed by atoms with Crippen LogP contribution in [0.3, 0.4) is 0 Å². The lowest BCUT2D eigenvalue weighted by molar-refractivity contribution is 1.30. The number of hydrogen-bond acceptors (Lipinski definition) is 1. The molecule has 1 heteroatoms. The highest BCUT2D eigenvalue weighted by Crippen LogP contribution is 2.47. The minimum absolute atomic E-state index is 1.08. The van der Waals surface area contributed by atoms with E-state index in [0.717, 1.165) is 17.1 Å². The molecule has 12 aromatic carbocycles. The monoisotopic (exact) mass is 865 g/mol. The normalized spacial score (nSPS) is 11.8. The van der Waals surface area contributed by atoms with Crippen LogP contribution in [0.1, 0.15) is 12.5 Å². The second-order valence-electron chi connectivity index (χ2n) is 17.5. The summed E-state index contributed by atoms with van der Waals surface area (Å²) in [4.78, 5) is 2.44. The van der Waals surface area contributed by atoms with Crippen molar-refractivity contribution in [2.24, 2.45) is 0 Å². The molecule has 0 fully saturated rings. The van der Waals surface area contributed by atoms with Gasteiger partial charge in [-0.05, 0) is 142 Å². The van der Waals surface area contributed by atoms with Crippen molar-refractivity contribution in [2.75, 3.05) is 4.90 Å². The van der Waals surface area contributed by atoms with Gasteiger partial charge < -0.3 is 4.90 Å². The van der Waals surface area contributed by atoms with Crippen LogP contribution in [0.4, 0.5) is 17.1 Å². The van der Waals surface area contributed by atoms with Crippen LogP contribution in [0.25, 0.3) is 104 Å². The first kappa shape index (κ1) is 40.7. The molecule has 68 heavy (non-hydrogen) atoms. The molecule has 0 spiro atoms. The molecule has 0 N–H and O–H groups in total. The van der Waals surface area contributed by atoms with Gasteiger partial charge >= 0.3 is 0 Å². The zero-order valence-electron chi connectivity index (χ0n) is 37.9. The highest BCUT2D eigenvalue weighted by atomic mass is 15.1. The van der Waals surface area contributed by atoms with Gasteiger partial charge in [0.05, 0.1) is 5.69 Å². The molecule has 0 aliphatic rings. The molecule has 0 radical (unpaired) electrons. The smallest absolute Gasteiger partial charge is 0.0546 e. The second kappa shape index (κ2) is 17.5. The zero-order chi connectivity index (χ0) is 45.4. The fraction of sp³-hybridized carbons (Fsp3) is 0.0149. The van der Waals surface area contributed by atoms with Gasteiger partial charge in [-0.1, -0.05) is 231 Å². The van der Waals surface area contributed by atoms with Crippen molar-refractivity contribution >= 4 is 77.0 Å². The van der Waals surface area contributed by atoms with Crippen LogP contribution in [0.15, 0.2) is 261 Å². The maximum absolute atomic E-state index is 2.44. The van der Waals surface area contributed by atoms with Gasteiger partial charge in [0.1, 0.15) is 0 Å². The first-order valence-electron chi connectivity index (χ1n) is 23.5. The molecule has 0 aliphatic heterocycles. The SMILES string of the molecule is C/C=C\C=C/c1cc(-c2ccccc2)c2ccccc2c1-c1ccc(N(c2ccc(-c3c4ccccc4c(-c4ccccc4)c4ccccc34)cc2)c2cc3ccccc3c3ccccc23)cc1. The van der Waals surface area contributed by atoms with Crippen LogP contribution >= 0.6 is 0 Å². The largest absolute Gasteiger partial charge is 0.310 e. The van der Waals surface area contributed by atoms with Crippen molar-refractivity contribution < 1.29 is 0 Å². The number of benzene rings is 12. The van der Waals surface area contributed by atoms with Crippen LogP contribution in [-0.4, -0.2) is 0 Å². The molecule has 12 rings (SSSR count). The van der Waals surface area contributed by atoms with Gasteiger partial charge in [0.15, 0.2) is 0 Å². The Labute approximate surface area is 397 Å². The summed E-state index contributed by atoms with van der Waals surface area (Å²) in [6, 6.07) is 89.0. The van der Waals surface area contributed by atoms with Crippen molar-refractivity contribution in [3.8, 4) is 44.5 Å². The molecular formula is C67H47N. The van der Waals surface area contributed by atoms with E-state index in [9.17, 15) is 0 Å². The highest BCUT2D eigenvalue weighted by molar-refractivity contribution is 6.21. The van der Waals surface area contributed by atoms with Crippen LogP contribution in [0, 0.1) is 0 Å². The topological polar surface area (TPSA) is 3.24 Å². The lowest BCUT2D eigenvalue weighted by Gasteiger charge is -2.28. The Bertz CT molecular complexity index is 3820. The van der Waals surface area contributed by atoms with Crippen LogP contribution in [0.2, 0.25) is 0 Å². The first-order valence-corrected chi connectivity index (χ1v) is 23.5. The summed E-state index contributed by atoms with van der Waals surface area (Å²) in [7, 11) is 0. The molecular weight excluding hydrogens is 819 g/mol. The van der Waals surface area contributed by atoms with Gasteiger partial charge in [0.25, 0.3) is 0 Å². The van der Waals surface area contributed by atoms with Gasteiger partial charge in [-0.2, -0.15) is 0 Å². The van der Waals surface area contributed by atoms with E-state index in [1.807, 2.05) is 0 Å². The summed E-state index contributed by atoms with van der Waals surface area (Å²) in [5.74, 6) is 0. The van der Waals surface area contributed by atoms with Crippen molar-refractivity contribution in [3.63, 3.8) is 0 Å². The maximum atomic E-state index is 2.44. The Kier molecular flexibility index (Phi) is 10.5. The second-order valence-corrected chi connectivity index (χ2v) is 17.5. The Morgan fingerprint density at radius 3 is 1.26 bits per heavy atom. The van der Waals surface area contributed by atoms with Crippen molar-refractivity contribution in [1.29, 1.82) is 0 Å². The minimum atomic E-state index is 1.08. The summed E-state index contributed by atoms with van der Waals surface area (Å²) >= 11 is 0. The fourth-order valence-electron chi connectivity index (χ4n) is 10.5. The molecule has 0 saturated carbocycles. The van der Waals surface area contributed by atoms with Gasteiger partial charge in [0.2, 0.25) is 0 Å². The van der Waals surface area contributed by atoms with Crippen LogP contribution < -0.4 is 4.90 Å². The molecule has 0 amide bonds. The third-order valence-corrected chi connectivity index (χ3v) is 13.5. The van der Waals surface area contributed by atoms with E-state index >= 15 is 0 Å². The zero-order valence-corrected chi connectivity index (χ0v) is 37.9. The summed E-state index contributed by atoms with van der Waals surface area (Å²) in [5.41, 5.74) is 14.2. The van der Waals surface area contributed by atoms with Gasteiger partial charge in [-0.15, -0.1) is 0 Å². The number of anilines is 3. The van der Waals surface area contributed by atoms with Crippen molar-refractivity contribution in [2.45, 2.75) is 6.92 Å². The quantitative estimate of drug-likeness (QED) is 0.0794. The van der Waals surface area contributed by atoms with E-state index in [1.165, 1.54) is 104 Å². The summed E-state index contributed by atoms with van der Waals surface area (Å²) in [6.45, 7) is 2.06. The number of rotatable bonds is 9. The summed E-state index contributed by atoms with van der Waals surface area (Å²) < 4.78 is 0. The van der Waals surface area contributed by atoms with E-state index in [-0.39, 0.29) is 0 Å². The van der Waals surface area contributed by atoms with Crippen LogP contribution in [-0.2, 0) is 0 Å². The number of nitrogens with zero attached hydrogens (tertiary/aromatic N) is 1. The van der Waals surface area contributed by atoms with E-state index in [2.05, 4.69) is 279 Å². The Morgan fingerprint density at radius 2 is 0.721 bits per heavy atom. The molecule has 1 nitrogen and oxygen atoms in total. The molecule has 0 aliphatic carbocycles. The molecule has 0 bridgehead atoms. The van der Waals surface area contributed by atoms with E-state index in [1.54, 1.807) is 0 Å². The maximum Gasteiger partial charge on any atom is 0.0546 e. The lowest BCUT2D eigenvalue weighted by atomic mass is 9.86. The predicted octanol–water partition coefficient (Wildman–Crippen LogP) is 19.2. The molecule has 0 saturated heterocycles. The Hall–Kier alpha value is -8.78. The molecule has 12 aromatic rings. The molecule has 0 unspecified atom stereocenters. The minimum Gasteiger partial charge on any atom is -0.310 e. The third kappa shape index (κ3) is 7.13. The molecule has 0 heterocycles.